The minimum absolute atomic E-state index is 0.0720. The molecule has 0 saturated carbocycles. The highest BCUT2D eigenvalue weighted by Crippen LogP contribution is 2.33. The number of hydroxylamine groups is 2. The number of amides is 3. The molecule has 8 heteroatoms. The lowest BCUT2D eigenvalue weighted by molar-refractivity contribution is -0.179. The number of imide groups is 1. The molecule has 0 bridgehead atoms. The van der Waals surface area contributed by atoms with Gasteiger partial charge in [0.1, 0.15) is 6.61 Å². The Labute approximate surface area is 172 Å². The van der Waals surface area contributed by atoms with Gasteiger partial charge < -0.3 is 14.5 Å². The van der Waals surface area contributed by atoms with E-state index in [0.29, 0.717) is 18.0 Å². The molecule has 4 rings (SSSR count). The van der Waals surface area contributed by atoms with Crippen LogP contribution in [0.1, 0.15) is 39.6 Å². The monoisotopic (exact) mass is 408 g/mol. The Kier molecular flexibility index (Phi) is 4.99. The number of nitrogens with zero attached hydrogens (tertiary/aromatic N) is 2. The van der Waals surface area contributed by atoms with E-state index in [0.717, 1.165) is 5.56 Å². The first-order valence-corrected chi connectivity index (χ1v) is 9.55. The van der Waals surface area contributed by atoms with Crippen molar-refractivity contribution >= 4 is 23.9 Å². The fraction of sp³-hybridized carbons (Fsp3) is 0.273. The Bertz CT molecular complexity index is 986. The second-order valence-corrected chi connectivity index (χ2v) is 7.60. The molecular weight excluding hydrogens is 388 g/mol. The highest BCUT2D eigenvalue weighted by Gasteiger charge is 2.47. The van der Waals surface area contributed by atoms with E-state index < -0.39 is 29.3 Å². The van der Waals surface area contributed by atoms with Crippen LogP contribution < -0.4 is 0 Å². The fourth-order valence-electron chi connectivity index (χ4n) is 3.54. The summed E-state index contributed by atoms with van der Waals surface area (Å²) in [6, 6.07) is 15.5. The van der Waals surface area contributed by atoms with Gasteiger partial charge in [0.05, 0.1) is 16.5 Å². The van der Waals surface area contributed by atoms with Gasteiger partial charge in [0.2, 0.25) is 0 Å². The molecule has 154 valence electrons. The van der Waals surface area contributed by atoms with Crippen LogP contribution in [-0.2, 0) is 21.0 Å². The number of hydrogen-bond acceptors (Lipinski definition) is 6. The largest absolute Gasteiger partial charge is 0.445 e. The van der Waals surface area contributed by atoms with Crippen LogP contribution in [0.3, 0.4) is 0 Å². The number of carbonyl (C=O) groups is 4. The average molecular weight is 408 g/mol. The Morgan fingerprint density at radius 2 is 1.57 bits per heavy atom. The molecule has 2 aromatic carbocycles. The van der Waals surface area contributed by atoms with E-state index in [1.807, 2.05) is 30.3 Å². The van der Waals surface area contributed by atoms with Crippen molar-refractivity contribution in [1.82, 2.24) is 9.96 Å². The molecule has 0 N–H and O–H groups in total. The van der Waals surface area contributed by atoms with E-state index in [4.69, 9.17) is 9.57 Å². The van der Waals surface area contributed by atoms with Crippen molar-refractivity contribution in [3.05, 3.63) is 71.3 Å². The molecule has 1 atom stereocenters. The third-order valence-corrected chi connectivity index (χ3v) is 5.36. The van der Waals surface area contributed by atoms with Crippen molar-refractivity contribution in [1.29, 1.82) is 0 Å². The summed E-state index contributed by atoms with van der Waals surface area (Å²) in [6.07, 6.45) is -0.203. The number of hydrogen-bond donors (Lipinski definition) is 0. The summed E-state index contributed by atoms with van der Waals surface area (Å²) in [6.45, 7) is 2.15. The average Bonchev–Trinajstić information content (AvgIpc) is 3.28. The van der Waals surface area contributed by atoms with E-state index in [-0.39, 0.29) is 24.3 Å². The van der Waals surface area contributed by atoms with Gasteiger partial charge in [0, 0.05) is 13.1 Å². The van der Waals surface area contributed by atoms with Crippen LogP contribution in [0, 0.1) is 5.41 Å². The van der Waals surface area contributed by atoms with Crippen LogP contribution in [0.25, 0.3) is 0 Å². The summed E-state index contributed by atoms with van der Waals surface area (Å²) in [4.78, 5) is 56.5. The number of carbonyl (C=O) groups excluding carboxylic acids is 4. The van der Waals surface area contributed by atoms with Crippen molar-refractivity contribution in [3.8, 4) is 0 Å². The molecule has 2 aliphatic rings. The number of rotatable bonds is 4. The van der Waals surface area contributed by atoms with E-state index in [9.17, 15) is 19.2 Å². The predicted octanol–water partition coefficient (Wildman–Crippen LogP) is 2.79. The van der Waals surface area contributed by atoms with Gasteiger partial charge in [-0.1, -0.05) is 47.5 Å². The van der Waals surface area contributed by atoms with Crippen LogP contribution in [0.2, 0.25) is 0 Å². The first-order valence-electron chi connectivity index (χ1n) is 9.55. The summed E-state index contributed by atoms with van der Waals surface area (Å²) >= 11 is 0. The maximum absolute atomic E-state index is 12.8. The minimum atomic E-state index is -1.05. The Balaban J connectivity index is 1.36. The summed E-state index contributed by atoms with van der Waals surface area (Å²) in [7, 11) is 0. The van der Waals surface area contributed by atoms with E-state index in [1.165, 1.54) is 17.0 Å². The van der Waals surface area contributed by atoms with Crippen LogP contribution in [0.4, 0.5) is 4.79 Å². The Morgan fingerprint density at radius 1 is 0.967 bits per heavy atom. The topological polar surface area (TPSA) is 93.2 Å². The zero-order chi connectivity index (χ0) is 21.3. The van der Waals surface area contributed by atoms with E-state index in [2.05, 4.69) is 0 Å². The lowest BCUT2D eigenvalue weighted by Gasteiger charge is -2.24. The van der Waals surface area contributed by atoms with Gasteiger partial charge in [-0.05, 0) is 31.0 Å². The first-order chi connectivity index (χ1) is 14.4. The normalized spacial score (nSPS) is 20.3. The third kappa shape index (κ3) is 3.52. The van der Waals surface area contributed by atoms with Gasteiger partial charge >= 0.3 is 12.1 Å². The van der Waals surface area contributed by atoms with Crippen molar-refractivity contribution in [2.75, 3.05) is 13.1 Å². The number of ether oxygens (including phenoxy) is 1. The summed E-state index contributed by atoms with van der Waals surface area (Å²) in [5.41, 5.74) is 0.190. The fourth-order valence-corrected chi connectivity index (χ4v) is 3.54. The molecule has 0 spiro atoms. The van der Waals surface area contributed by atoms with Gasteiger partial charge in [-0.25, -0.2) is 9.59 Å². The number of benzene rings is 2. The minimum Gasteiger partial charge on any atom is -0.445 e. The number of fused-ring (bicyclic) bond motifs is 1. The number of likely N-dealkylation sites (tertiary alicyclic amines) is 1. The highest BCUT2D eigenvalue weighted by molar-refractivity contribution is 6.20. The van der Waals surface area contributed by atoms with Gasteiger partial charge in [0.25, 0.3) is 11.8 Å². The molecular formula is C22H20N2O6. The molecule has 1 saturated heterocycles. The zero-order valence-electron chi connectivity index (χ0n) is 16.4. The first kappa shape index (κ1) is 19.6. The summed E-state index contributed by atoms with van der Waals surface area (Å²) < 4.78 is 5.31. The molecule has 8 nitrogen and oxygen atoms in total. The SMILES string of the molecule is CC1(C(=O)ON2C(=O)c3ccccc3C2=O)CCN(C(=O)OCc2ccccc2)C1. The molecule has 30 heavy (non-hydrogen) atoms. The van der Waals surface area contributed by atoms with Gasteiger partial charge in [0.15, 0.2) is 0 Å². The lowest BCUT2D eigenvalue weighted by atomic mass is 9.90. The summed E-state index contributed by atoms with van der Waals surface area (Å²) in [5, 5.41) is 0.495. The van der Waals surface area contributed by atoms with Crippen LogP contribution >= 0.6 is 0 Å². The Morgan fingerprint density at radius 3 is 2.20 bits per heavy atom. The van der Waals surface area contributed by atoms with Crippen LogP contribution in [-0.4, -0.2) is 46.9 Å². The molecule has 2 heterocycles. The van der Waals surface area contributed by atoms with Crippen LogP contribution in [0.5, 0.6) is 0 Å². The van der Waals surface area contributed by atoms with Gasteiger partial charge in [-0.15, -0.1) is 0 Å². The van der Waals surface area contributed by atoms with Crippen molar-refractivity contribution < 1.29 is 28.8 Å². The summed E-state index contributed by atoms with van der Waals surface area (Å²) in [5.74, 6) is -2.09. The molecule has 1 unspecified atom stereocenters. The maximum atomic E-state index is 12.8. The van der Waals surface area contributed by atoms with E-state index in [1.54, 1.807) is 19.1 Å². The molecule has 2 aliphatic heterocycles. The lowest BCUT2D eigenvalue weighted by Crippen LogP contribution is -2.41. The molecule has 0 radical (unpaired) electrons. The maximum Gasteiger partial charge on any atom is 0.410 e. The molecule has 0 aliphatic carbocycles. The van der Waals surface area contributed by atoms with Crippen LogP contribution in [0.15, 0.2) is 54.6 Å². The van der Waals surface area contributed by atoms with Gasteiger partial charge in [-0.3, -0.25) is 9.59 Å². The van der Waals surface area contributed by atoms with Crippen molar-refractivity contribution in [2.24, 2.45) is 5.41 Å². The highest BCUT2D eigenvalue weighted by atomic mass is 16.7. The quantitative estimate of drug-likeness (QED) is 0.723. The zero-order valence-corrected chi connectivity index (χ0v) is 16.4. The van der Waals surface area contributed by atoms with Gasteiger partial charge in [-0.2, -0.15) is 0 Å². The Hall–Kier alpha value is -3.68. The molecule has 0 aromatic heterocycles. The van der Waals surface area contributed by atoms with E-state index >= 15 is 0 Å². The molecule has 3 amide bonds. The second kappa shape index (κ2) is 7.62. The van der Waals surface area contributed by atoms with Crippen molar-refractivity contribution in [2.45, 2.75) is 20.0 Å². The third-order valence-electron chi connectivity index (χ3n) is 5.36. The predicted molar refractivity (Wildman–Crippen MR) is 104 cm³/mol. The second-order valence-electron chi connectivity index (χ2n) is 7.60. The van der Waals surface area contributed by atoms with Crippen molar-refractivity contribution in [3.63, 3.8) is 0 Å². The standard InChI is InChI=1S/C22H20N2O6/c1-22(11-12-23(14-22)21(28)29-13-15-7-3-2-4-8-15)20(27)30-24-18(25)16-9-5-6-10-17(16)19(24)26/h2-10H,11-14H2,1H3. The molecule has 1 fully saturated rings. The smallest absolute Gasteiger partial charge is 0.410 e. The molecule has 2 aromatic rings.